The van der Waals surface area contributed by atoms with Crippen LogP contribution in [-0.2, 0) is 11.2 Å². The number of anilines is 2. The van der Waals surface area contributed by atoms with Gasteiger partial charge in [-0.3, -0.25) is 4.79 Å². The molecule has 1 amide bonds. The van der Waals surface area contributed by atoms with Gasteiger partial charge in [-0.15, -0.1) is 11.3 Å². The Morgan fingerprint density at radius 3 is 3.00 bits per heavy atom. The van der Waals surface area contributed by atoms with Crippen molar-refractivity contribution in [2.75, 3.05) is 10.6 Å². The summed E-state index contributed by atoms with van der Waals surface area (Å²) >= 11 is 1.71. The summed E-state index contributed by atoms with van der Waals surface area (Å²) < 4.78 is 1.24. The van der Waals surface area contributed by atoms with E-state index in [9.17, 15) is 4.79 Å². The molecule has 1 atom stereocenters. The largest absolute Gasteiger partial charge is 0.373 e. The van der Waals surface area contributed by atoms with Gasteiger partial charge in [-0.1, -0.05) is 18.2 Å². The van der Waals surface area contributed by atoms with E-state index >= 15 is 0 Å². The Kier molecular flexibility index (Phi) is 2.89. The van der Waals surface area contributed by atoms with Crippen LogP contribution in [0, 0.1) is 0 Å². The molecular weight excluding hydrogens is 280 g/mol. The number of para-hydroxylation sites is 1. The van der Waals surface area contributed by atoms with Gasteiger partial charge in [-0.05, 0) is 46.7 Å². The van der Waals surface area contributed by atoms with Crippen LogP contribution in [0.4, 0.5) is 11.4 Å². The molecule has 2 heterocycles. The molecule has 104 valence electrons. The van der Waals surface area contributed by atoms with Gasteiger partial charge in [0.2, 0.25) is 5.91 Å². The van der Waals surface area contributed by atoms with Crippen LogP contribution in [0.25, 0.3) is 10.1 Å². The number of benzene rings is 2. The predicted octanol–water partition coefficient (Wildman–Crippen LogP) is 3.88. The summed E-state index contributed by atoms with van der Waals surface area (Å²) in [6.07, 6.45) is 0.739. The van der Waals surface area contributed by atoms with Crippen LogP contribution in [0.5, 0.6) is 0 Å². The predicted molar refractivity (Wildman–Crippen MR) is 88.0 cm³/mol. The first kappa shape index (κ1) is 12.4. The monoisotopic (exact) mass is 294 g/mol. The topological polar surface area (TPSA) is 41.1 Å². The number of rotatable bonds is 2. The molecule has 21 heavy (non-hydrogen) atoms. The molecule has 1 aromatic heterocycles. The van der Waals surface area contributed by atoms with Crippen LogP contribution in [0.15, 0.2) is 53.9 Å². The smallest absolute Gasteiger partial charge is 0.247 e. The fraction of sp³-hybridized carbons (Fsp3) is 0.118. The fourth-order valence-electron chi connectivity index (χ4n) is 2.73. The van der Waals surface area contributed by atoms with Crippen molar-refractivity contribution in [3.63, 3.8) is 0 Å². The zero-order chi connectivity index (χ0) is 14.2. The Hall–Kier alpha value is -2.33. The van der Waals surface area contributed by atoms with E-state index in [-0.39, 0.29) is 11.9 Å². The van der Waals surface area contributed by atoms with Crippen molar-refractivity contribution in [1.82, 2.24) is 0 Å². The molecule has 4 rings (SSSR count). The van der Waals surface area contributed by atoms with Crippen LogP contribution in [0.1, 0.15) is 5.56 Å². The van der Waals surface area contributed by atoms with Gasteiger partial charge < -0.3 is 10.6 Å². The molecule has 0 aliphatic carbocycles. The van der Waals surface area contributed by atoms with Crippen molar-refractivity contribution in [2.24, 2.45) is 0 Å². The maximum Gasteiger partial charge on any atom is 0.247 e. The molecule has 3 nitrogen and oxygen atoms in total. The molecule has 4 heteroatoms. The van der Waals surface area contributed by atoms with E-state index in [2.05, 4.69) is 28.1 Å². The Bertz CT molecular complexity index is 799. The highest BCUT2D eigenvalue weighted by molar-refractivity contribution is 7.17. The molecule has 0 saturated heterocycles. The first-order valence-corrected chi connectivity index (χ1v) is 7.80. The second-order valence-corrected chi connectivity index (χ2v) is 6.17. The van der Waals surface area contributed by atoms with Gasteiger partial charge in [-0.25, -0.2) is 0 Å². The molecular formula is C17H14N2OS. The van der Waals surface area contributed by atoms with Crippen molar-refractivity contribution in [2.45, 2.75) is 12.5 Å². The highest BCUT2D eigenvalue weighted by Gasteiger charge is 2.26. The first-order chi connectivity index (χ1) is 10.3. The third-order valence-electron chi connectivity index (χ3n) is 3.81. The molecule has 0 saturated carbocycles. The molecule has 2 N–H and O–H groups in total. The molecule has 1 aliphatic rings. The number of hydrogen-bond acceptors (Lipinski definition) is 3. The molecule has 3 aromatic rings. The minimum Gasteiger partial charge on any atom is -0.373 e. The molecule has 0 bridgehead atoms. The van der Waals surface area contributed by atoms with Crippen LogP contribution in [-0.4, -0.2) is 11.9 Å². The summed E-state index contributed by atoms with van der Waals surface area (Å²) in [5, 5.41) is 9.51. The average molecular weight is 294 g/mol. The van der Waals surface area contributed by atoms with E-state index in [0.717, 1.165) is 17.8 Å². The van der Waals surface area contributed by atoms with E-state index in [0.29, 0.717) is 0 Å². The number of fused-ring (bicyclic) bond motifs is 2. The van der Waals surface area contributed by atoms with Crippen LogP contribution < -0.4 is 10.6 Å². The summed E-state index contributed by atoms with van der Waals surface area (Å²) in [6.45, 7) is 0. The van der Waals surface area contributed by atoms with Crippen LogP contribution in [0.3, 0.4) is 0 Å². The molecule has 2 aromatic carbocycles. The van der Waals surface area contributed by atoms with Gasteiger partial charge >= 0.3 is 0 Å². The summed E-state index contributed by atoms with van der Waals surface area (Å²) in [5.41, 5.74) is 3.11. The number of carbonyl (C=O) groups is 1. The van der Waals surface area contributed by atoms with Gasteiger partial charge in [-0.2, -0.15) is 0 Å². The Morgan fingerprint density at radius 1 is 1.19 bits per heavy atom. The first-order valence-electron chi connectivity index (χ1n) is 6.92. The van der Waals surface area contributed by atoms with Crippen molar-refractivity contribution in [1.29, 1.82) is 0 Å². The highest BCUT2D eigenvalue weighted by Crippen LogP contribution is 2.27. The van der Waals surface area contributed by atoms with Crippen molar-refractivity contribution < 1.29 is 4.79 Å². The van der Waals surface area contributed by atoms with Gasteiger partial charge in [0.1, 0.15) is 6.04 Å². The maximum atomic E-state index is 12.4. The Labute approximate surface area is 126 Å². The van der Waals surface area contributed by atoms with E-state index in [1.54, 1.807) is 11.3 Å². The standard InChI is InChI=1S/C17H14N2OS/c20-17(15-10-11-3-1-2-4-14(11)19-15)18-13-5-6-16-12(9-13)7-8-21-16/h1-9,15,19H,10H2,(H,18,20). The van der Waals surface area contributed by atoms with Gasteiger partial charge in [0.05, 0.1) is 0 Å². The van der Waals surface area contributed by atoms with E-state index < -0.39 is 0 Å². The number of hydrogen-bond donors (Lipinski definition) is 2. The number of nitrogens with one attached hydrogen (secondary N) is 2. The van der Waals surface area contributed by atoms with Crippen molar-refractivity contribution in [3.8, 4) is 0 Å². The molecule has 1 aliphatic heterocycles. The maximum absolute atomic E-state index is 12.4. The lowest BCUT2D eigenvalue weighted by Crippen LogP contribution is -2.32. The molecule has 0 spiro atoms. The minimum absolute atomic E-state index is 0.0146. The summed E-state index contributed by atoms with van der Waals surface area (Å²) in [7, 11) is 0. The van der Waals surface area contributed by atoms with Crippen molar-refractivity contribution in [3.05, 3.63) is 59.5 Å². The number of amides is 1. The third-order valence-corrected chi connectivity index (χ3v) is 4.71. The summed E-state index contributed by atoms with van der Waals surface area (Å²) in [4.78, 5) is 12.4. The van der Waals surface area contributed by atoms with Crippen LogP contribution in [0.2, 0.25) is 0 Å². The minimum atomic E-state index is -0.194. The highest BCUT2D eigenvalue weighted by atomic mass is 32.1. The molecule has 0 radical (unpaired) electrons. The number of carbonyl (C=O) groups excluding carboxylic acids is 1. The number of thiophene rings is 1. The lowest BCUT2D eigenvalue weighted by Gasteiger charge is -2.12. The second-order valence-electron chi connectivity index (χ2n) is 5.22. The SMILES string of the molecule is O=C(Nc1ccc2sccc2c1)C1Cc2ccccc2N1. The molecule has 0 fully saturated rings. The summed E-state index contributed by atoms with van der Waals surface area (Å²) in [5.74, 6) is 0.0146. The summed E-state index contributed by atoms with van der Waals surface area (Å²) in [6, 6.07) is 16.0. The zero-order valence-corrected chi connectivity index (χ0v) is 12.1. The lowest BCUT2D eigenvalue weighted by molar-refractivity contribution is -0.116. The quantitative estimate of drug-likeness (QED) is 0.753. The average Bonchev–Trinajstić information content (AvgIpc) is 3.13. The second kappa shape index (κ2) is 4.90. The lowest BCUT2D eigenvalue weighted by atomic mass is 10.1. The fourth-order valence-corrected chi connectivity index (χ4v) is 3.50. The Morgan fingerprint density at radius 2 is 2.10 bits per heavy atom. The van der Waals surface area contributed by atoms with Gasteiger partial charge in [0, 0.05) is 22.5 Å². The normalized spacial score (nSPS) is 16.5. The molecule has 1 unspecified atom stereocenters. The van der Waals surface area contributed by atoms with Crippen LogP contribution >= 0.6 is 11.3 Å². The van der Waals surface area contributed by atoms with E-state index in [4.69, 9.17) is 0 Å². The Balaban J connectivity index is 1.51. The van der Waals surface area contributed by atoms with E-state index in [1.807, 2.05) is 36.4 Å². The third kappa shape index (κ3) is 2.28. The van der Waals surface area contributed by atoms with Gasteiger partial charge in [0.15, 0.2) is 0 Å². The zero-order valence-electron chi connectivity index (χ0n) is 11.3. The van der Waals surface area contributed by atoms with Gasteiger partial charge in [0.25, 0.3) is 0 Å². The van der Waals surface area contributed by atoms with Crippen molar-refractivity contribution >= 4 is 38.7 Å². The van der Waals surface area contributed by atoms with E-state index in [1.165, 1.54) is 15.6 Å².